The maximum atomic E-state index is 8.43. The van der Waals surface area contributed by atoms with Gasteiger partial charge in [0.05, 0.1) is 50.3 Å². The zero-order valence-corrected chi connectivity index (χ0v) is 11.9. The molecule has 0 fully saturated rings. The molecule has 0 aromatic carbocycles. The lowest BCUT2D eigenvalue weighted by molar-refractivity contribution is 1.31. The molecule has 5 rings (SSSR count). The van der Waals surface area contributed by atoms with E-state index < -0.39 is 83.9 Å². The van der Waals surface area contributed by atoms with Crippen molar-refractivity contribution < 1.29 is 16.4 Å². The molecule has 0 spiro atoms. The second-order valence-corrected chi connectivity index (χ2v) is 4.87. The van der Waals surface area contributed by atoms with Gasteiger partial charge in [0.1, 0.15) is 0 Å². The maximum absolute atomic E-state index is 8.43. The van der Waals surface area contributed by atoms with Crippen LogP contribution in [-0.2, 0) is 0 Å². The van der Waals surface area contributed by atoms with Crippen LogP contribution in [-0.4, -0.2) is 19.9 Å². The Hall–Kier alpha value is -3.40. The average molecular weight is 322 g/mol. The lowest BCUT2D eigenvalue weighted by Crippen LogP contribution is -1.76. The summed E-state index contributed by atoms with van der Waals surface area (Å²) in [4.78, 5) is 13.4. The quantitative estimate of drug-likeness (QED) is 0.632. The van der Waals surface area contributed by atoms with Gasteiger partial charge in [-0.15, -0.1) is 0 Å². The van der Waals surface area contributed by atoms with Crippen LogP contribution in [0.25, 0.3) is 46.3 Å². The van der Waals surface area contributed by atoms with Crippen LogP contribution >= 0.6 is 0 Å². The van der Waals surface area contributed by atoms with Crippen molar-refractivity contribution in [1.29, 1.82) is 0 Å². The molecule has 5 heterocycles. The van der Waals surface area contributed by atoms with E-state index in [0.717, 1.165) is 0 Å². The Bertz CT molecular complexity index is 1630. The van der Waals surface area contributed by atoms with Gasteiger partial charge < -0.3 is 9.97 Å². The average Bonchev–Trinajstić information content (AvgIpc) is 3.51. The normalized spacial score (nSPS) is 21.3. The second kappa shape index (κ2) is 5.06. The SMILES string of the molecule is [2H]C1=C([2H])c2nc1c([2H])c([2H])c1[nH]c(c3nc(c([2H])c([2H])c4[nH]c2c([2H])c4[2H])C([2H])=C3[2H])c([2H])c1[2H]. The van der Waals surface area contributed by atoms with E-state index in [1.54, 1.807) is 0 Å². The summed E-state index contributed by atoms with van der Waals surface area (Å²) in [5.41, 5.74) is -2.37. The van der Waals surface area contributed by atoms with Crippen molar-refractivity contribution in [3.8, 4) is 0 Å². The first-order valence-corrected chi connectivity index (χ1v) is 6.89. The molecule has 3 aromatic heterocycles. The molecule has 4 heteroatoms. The molecule has 0 saturated carbocycles. The fourth-order valence-corrected chi connectivity index (χ4v) is 2.16. The van der Waals surface area contributed by atoms with Gasteiger partial charge in [-0.3, -0.25) is 0 Å². The first-order valence-electron chi connectivity index (χ1n) is 12.9. The number of aromatic nitrogens is 4. The fourth-order valence-electron chi connectivity index (χ4n) is 2.16. The highest BCUT2D eigenvalue weighted by Gasteiger charge is 2.03. The molecule has 2 aliphatic rings. The molecule has 0 amide bonds. The van der Waals surface area contributed by atoms with Gasteiger partial charge in [0.15, 0.2) is 0 Å². The van der Waals surface area contributed by atoms with Crippen LogP contribution in [0, 0.1) is 0 Å². The third-order valence-corrected chi connectivity index (χ3v) is 3.26. The zero-order valence-electron chi connectivity index (χ0n) is 23.9. The van der Waals surface area contributed by atoms with Gasteiger partial charge >= 0.3 is 0 Å². The lowest BCUT2D eigenvalue weighted by Gasteiger charge is -1.86. The zero-order chi connectivity index (χ0) is 26.4. The van der Waals surface area contributed by atoms with E-state index in [1.165, 1.54) is 0 Å². The Morgan fingerprint density at radius 3 is 1.54 bits per heavy atom. The maximum Gasteiger partial charge on any atom is 0.0872 e. The standard InChI is InChI=1S/C20H14N4/c1-2-14-6-10-19(22-14)20-12-8-16(24-20)4-3-15-7-11-18(23-15)17-9-5-13(1)21-17/h1-12,21,24H/i1D,2D,3D,4D,5D,6D,7D,8D,9D,10D,11D,12D. The summed E-state index contributed by atoms with van der Waals surface area (Å²) in [5, 5.41) is 0. The Balaban J connectivity index is 2.13. The number of rotatable bonds is 0. The van der Waals surface area contributed by atoms with Crippen molar-refractivity contribution in [2.45, 2.75) is 0 Å². The fraction of sp³-hybridized carbons (Fsp3) is 0. The first-order chi connectivity index (χ1) is 16.9. The Labute approximate surface area is 155 Å². The van der Waals surface area contributed by atoms with Gasteiger partial charge in [0.25, 0.3) is 0 Å². The predicted molar refractivity (Wildman–Crippen MR) is 98.9 cm³/mol. The smallest absolute Gasteiger partial charge is 0.0872 e. The minimum atomic E-state index is -0.643. The summed E-state index contributed by atoms with van der Waals surface area (Å²) in [6.07, 6.45) is 0. The van der Waals surface area contributed by atoms with Crippen LogP contribution < -0.4 is 0 Å². The van der Waals surface area contributed by atoms with Crippen LogP contribution in [0.1, 0.15) is 39.2 Å². The summed E-state index contributed by atoms with van der Waals surface area (Å²) in [6.45, 7) is 0. The van der Waals surface area contributed by atoms with Crippen LogP contribution in [0.5, 0.6) is 0 Å². The summed E-state index contributed by atoms with van der Waals surface area (Å²) in [7, 11) is 0. The molecular formula is C20H14N4. The molecule has 4 nitrogen and oxygen atoms in total. The largest absolute Gasteiger partial charge is 0.354 e. The minimum Gasteiger partial charge on any atom is -0.354 e. The number of hydrogen-bond donors (Lipinski definition) is 2. The van der Waals surface area contributed by atoms with Gasteiger partial charge in [-0.05, 0) is 72.5 Å². The number of nitrogens with zero attached hydrogens (tertiary/aromatic N) is 2. The summed E-state index contributed by atoms with van der Waals surface area (Å²) < 4.78 is 99.8. The number of H-pyrrole nitrogens is 2. The van der Waals surface area contributed by atoms with E-state index in [-0.39, 0.29) is 33.5 Å². The highest BCUT2D eigenvalue weighted by molar-refractivity contribution is 5.82. The van der Waals surface area contributed by atoms with Gasteiger partial charge in [-0.2, -0.15) is 0 Å². The van der Waals surface area contributed by atoms with Crippen LogP contribution in [0.3, 0.4) is 0 Å². The van der Waals surface area contributed by atoms with E-state index in [9.17, 15) is 0 Å². The first kappa shape index (κ1) is 5.91. The molecule has 0 unspecified atom stereocenters. The van der Waals surface area contributed by atoms with Gasteiger partial charge in [0.2, 0.25) is 0 Å². The molecule has 0 saturated heterocycles. The molecule has 3 aromatic rings. The lowest BCUT2D eigenvalue weighted by atomic mass is 10.3. The van der Waals surface area contributed by atoms with Gasteiger partial charge in [-0.1, -0.05) is 0 Å². The van der Waals surface area contributed by atoms with Crippen molar-refractivity contribution in [3.63, 3.8) is 0 Å². The molecule has 8 bridgehead atoms. The van der Waals surface area contributed by atoms with E-state index in [0.29, 0.717) is 0 Å². The Morgan fingerprint density at radius 1 is 0.583 bits per heavy atom. The van der Waals surface area contributed by atoms with Crippen molar-refractivity contribution in [3.05, 3.63) is 71.1 Å². The Morgan fingerprint density at radius 2 is 1.04 bits per heavy atom. The van der Waals surface area contributed by atoms with E-state index >= 15 is 0 Å². The summed E-state index contributed by atoms with van der Waals surface area (Å²) in [6, 6.07) is -6.56. The Kier molecular flexibility index (Phi) is 1.25. The van der Waals surface area contributed by atoms with Crippen molar-refractivity contribution >= 4 is 46.3 Å². The van der Waals surface area contributed by atoms with Crippen molar-refractivity contribution in [1.82, 2.24) is 19.9 Å². The third kappa shape index (κ3) is 2.25. The third-order valence-electron chi connectivity index (χ3n) is 3.26. The van der Waals surface area contributed by atoms with E-state index in [4.69, 9.17) is 16.4 Å². The molecule has 114 valence electrons. The number of aromatic amines is 2. The van der Waals surface area contributed by atoms with E-state index in [2.05, 4.69) is 19.9 Å². The molecule has 2 aliphatic heterocycles. The molecule has 24 heavy (non-hydrogen) atoms. The highest BCUT2D eigenvalue weighted by Crippen LogP contribution is 2.18. The number of nitrogens with one attached hydrogen (secondary N) is 2. The van der Waals surface area contributed by atoms with Crippen molar-refractivity contribution in [2.24, 2.45) is 0 Å². The monoisotopic (exact) mass is 322 g/mol. The van der Waals surface area contributed by atoms with Crippen LogP contribution in [0.2, 0.25) is 0 Å². The van der Waals surface area contributed by atoms with Crippen LogP contribution in [0.15, 0.2) is 48.3 Å². The number of fused-ring (bicyclic) bond motifs is 10. The van der Waals surface area contributed by atoms with Gasteiger partial charge in [0, 0.05) is 11.0 Å². The second-order valence-electron chi connectivity index (χ2n) is 4.87. The van der Waals surface area contributed by atoms with Crippen LogP contribution in [0.4, 0.5) is 0 Å². The molecule has 0 atom stereocenters. The highest BCUT2D eigenvalue weighted by atomic mass is 14.8. The molecule has 0 radical (unpaired) electrons. The summed E-state index contributed by atoms with van der Waals surface area (Å²) >= 11 is 0. The minimum absolute atomic E-state index is 0.205. The molecule has 2 N–H and O–H groups in total. The van der Waals surface area contributed by atoms with Crippen molar-refractivity contribution in [2.75, 3.05) is 0 Å². The molecular weight excluding hydrogens is 296 g/mol. The van der Waals surface area contributed by atoms with E-state index in [1.807, 2.05) is 0 Å². The predicted octanol–water partition coefficient (Wildman–Crippen LogP) is 4.66. The summed E-state index contributed by atoms with van der Waals surface area (Å²) in [5.74, 6) is 0. The number of hydrogen-bond acceptors (Lipinski definition) is 2. The topological polar surface area (TPSA) is 57.4 Å². The molecule has 0 aliphatic carbocycles. The van der Waals surface area contributed by atoms with Gasteiger partial charge in [-0.25, -0.2) is 9.97 Å².